The van der Waals surface area contributed by atoms with E-state index in [0.29, 0.717) is 0 Å². The van der Waals surface area contributed by atoms with Crippen molar-refractivity contribution in [3.05, 3.63) is 249 Å². The van der Waals surface area contributed by atoms with Crippen LogP contribution in [0.15, 0.2) is 249 Å². The van der Waals surface area contributed by atoms with E-state index in [1.165, 1.54) is 94.8 Å². The lowest BCUT2D eigenvalue weighted by molar-refractivity contribution is 1.25. The summed E-state index contributed by atoms with van der Waals surface area (Å²) < 4.78 is 0. The van der Waals surface area contributed by atoms with Crippen LogP contribution in [0.3, 0.4) is 0 Å². The van der Waals surface area contributed by atoms with Crippen molar-refractivity contribution in [1.82, 2.24) is 0 Å². The molecule has 0 saturated carbocycles. The lowest BCUT2D eigenvalue weighted by Gasteiger charge is -2.45. The molecule has 2 aliphatic rings. The molecule has 0 fully saturated rings. The van der Waals surface area contributed by atoms with Gasteiger partial charge in [-0.15, -0.1) is 0 Å². The largest absolute Gasteiger partial charge is 0.311 e. The molecule has 0 aromatic heterocycles. The van der Waals surface area contributed by atoms with E-state index in [4.69, 9.17) is 0 Å². The van der Waals surface area contributed by atoms with Gasteiger partial charge in [-0.25, -0.2) is 0 Å². The van der Waals surface area contributed by atoms with Crippen molar-refractivity contribution in [2.24, 2.45) is 0 Å². The Kier molecular flexibility index (Phi) is 8.97. The molecule has 2 heterocycles. The van der Waals surface area contributed by atoms with Crippen LogP contribution in [-0.4, -0.2) is 6.71 Å². The van der Waals surface area contributed by atoms with E-state index < -0.39 is 0 Å². The van der Waals surface area contributed by atoms with E-state index in [0.717, 1.165) is 11.4 Å². The number of rotatable bonds is 7. The SMILES string of the molecule is c1ccc(-c2ccc(N3c4ccc(-c5ccccc5)cc4B4c5cc(-c6ccccc6)ccc5N(c5ccccc5-c5ccccc5)c5cc(-c6ccccc6)cc3c54)cc2)cc1. The van der Waals surface area contributed by atoms with Crippen LogP contribution in [0.5, 0.6) is 0 Å². The Morgan fingerprint density at radius 3 is 1.14 bits per heavy atom. The van der Waals surface area contributed by atoms with Crippen LogP contribution in [0, 0.1) is 0 Å². The first-order valence-electron chi connectivity index (χ1n) is 21.8. The van der Waals surface area contributed by atoms with Crippen LogP contribution in [0.2, 0.25) is 0 Å². The number of nitrogens with zero attached hydrogens (tertiary/aromatic N) is 2. The maximum Gasteiger partial charge on any atom is 0.252 e. The Labute approximate surface area is 369 Å². The average molecular weight is 801 g/mol. The highest BCUT2D eigenvalue weighted by Crippen LogP contribution is 2.48. The zero-order valence-electron chi connectivity index (χ0n) is 34.6. The number of hydrogen-bond donors (Lipinski definition) is 0. The molecule has 2 aliphatic heterocycles. The van der Waals surface area contributed by atoms with Gasteiger partial charge in [-0.1, -0.05) is 206 Å². The number of benzene rings is 10. The molecule has 0 bridgehead atoms. The van der Waals surface area contributed by atoms with E-state index in [-0.39, 0.29) is 6.71 Å². The molecule has 10 aromatic carbocycles. The lowest BCUT2D eigenvalue weighted by Crippen LogP contribution is -2.61. The van der Waals surface area contributed by atoms with Gasteiger partial charge in [-0.2, -0.15) is 0 Å². The van der Waals surface area contributed by atoms with E-state index in [1.807, 2.05) is 0 Å². The van der Waals surface area contributed by atoms with Gasteiger partial charge in [0, 0.05) is 34.0 Å². The van der Waals surface area contributed by atoms with Gasteiger partial charge < -0.3 is 9.80 Å². The molecule has 0 atom stereocenters. The molecule has 0 amide bonds. The van der Waals surface area contributed by atoms with Crippen LogP contribution >= 0.6 is 0 Å². The van der Waals surface area contributed by atoms with Crippen molar-refractivity contribution < 1.29 is 0 Å². The first-order valence-corrected chi connectivity index (χ1v) is 21.8. The summed E-state index contributed by atoms with van der Waals surface area (Å²) in [7, 11) is 0. The molecule has 0 unspecified atom stereocenters. The molecule has 0 spiro atoms. The van der Waals surface area contributed by atoms with E-state index in [1.54, 1.807) is 0 Å². The van der Waals surface area contributed by atoms with Gasteiger partial charge >= 0.3 is 0 Å². The third-order valence-electron chi connectivity index (χ3n) is 12.8. The van der Waals surface area contributed by atoms with Crippen LogP contribution in [-0.2, 0) is 0 Å². The van der Waals surface area contributed by atoms with Crippen LogP contribution in [0.25, 0.3) is 55.6 Å². The van der Waals surface area contributed by atoms with E-state index in [2.05, 4.69) is 259 Å². The summed E-state index contributed by atoms with van der Waals surface area (Å²) in [6.07, 6.45) is 0. The molecule has 10 aromatic rings. The molecular weight excluding hydrogens is 759 g/mol. The summed E-state index contributed by atoms with van der Waals surface area (Å²) in [5.41, 5.74) is 22.8. The summed E-state index contributed by atoms with van der Waals surface area (Å²) in [5.74, 6) is 0. The molecule has 2 nitrogen and oxygen atoms in total. The van der Waals surface area contributed by atoms with Gasteiger partial charge in [0.05, 0.1) is 5.69 Å². The quantitative estimate of drug-likeness (QED) is 0.148. The Morgan fingerprint density at radius 1 is 0.238 bits per heavy atom. The van der Waals surface area contributed by atoms with Gasteiger partial charge in [-0.05, 0) is 109 Å². The van der Waals surface area contributed by atoms with Gasteiger partial charge in [-0.3, -0.25) is 0 Å². The molecule has 63 heavy (non-hydrogen) atoms. The third-order valence-corrected chi connectivity index (χ3v) is 12.8. The fraction of sp³-hybridized carbons (Fsp3) is 0. The molecule has 294 valence electrons. The highest BCUT2D eigenvalue weighted by Gasteiger charge is 2.44. The van der Waals surface area contributed by atoms with Crippen molar-refractivity contribution in [1.29, 1.82) is 0 Å². The number of fused-ring (bicyclic) bond motifs is 4. The second-order valence-electron chi connectivity index (χ2n) is 16.5. The maximum atomic E-state index is 2.55. The van der Waals surface area contributed by atoms with Crippen molar-refractivity contribution in [3.63, 3.8) is 0 Å². The lowest BCUT2D eigenvalue weighted by atomic mass is 9.33. The van der Waals surface area contributed by atoms with Gasteiger partial charge in [0.15, 0.2) is 0 Å². The highest BCUT2D eigenvalue weighted by molar-refractivity contribution is 7.00. The summed E-state index contributed by atoms with van der Waals surface area (Å²) in [6.45, 7) is -0.0582. The highest BCUT2D eigenvalue weighted by atomic mass is 15.2. The van der Waals surface area contributed by atoms with Crippen molar-refractivity contribution in [2.75, 3.05) is 9.80 Å². The molecule has 0 N–H and O–H groups in total. The Hall–Kier alpha value is -8.14. The zero-order chi connectivity index (χ0) is 41.7. The first-order chi connectivity index (χ1) is 31.3. The smallest absolute Gasteiger partial charge is 0.252 e. The van der Waals surface area contributed by atoms with E-state index >= 15 is 0 Å². The van der Waals surface area contributed by atoms with Crippen LogP contribution < -0.4 is 26.2 Å². The summed E-state index contributed by atoms with van der Waals surface area (Å²) >= 11 is 0. The van der Waals surface area contributed by atoms with Crippen LogP contribution in [0.4, 0.5) is 34.1 Å². The zero-order valence-corrected chi connectivity index (χ0v) is 34.6. The van der Waals surface area contributed by atoms with Crippen molar-refractivity contribution >= 4 is 57.2 Å². The first kappa shape index (κ1) is 36.7. The molecule has 0 radical (unpaired) electrons. The minimum absolute atomic E-state index is 0.0582. The monoisotopic (exact) mass is 800 g/mol. The molecule has 0 saturated heterocycles. The fourth-order valence-corrected chi connectivity index (χ4v) is 9.92. The number of anilines is 6. The van der Waals surface area contributed by atoms with E-state index in [9.17, 15) is 0 Å². The topological polar surface area (TPSA) is 6.48 Å². The normalized spacial score (nSPS) is 12.3. The Balaban J connectivity index is 1.19. The van der Waals surface area contributed by atoms with Gasteiger partial charge in [0.1, 0.15) is 0 Å². The predicted octanol–water partition coefficient (Wildman–Crippen LogP) is 14.1. The third kappa shape index (κ3) is 6.37. The molecular formula is C60H41BN2. The second kappa shape index (κ2) is 15.4. The number of para-hydroxylation sites is 1. The van der Waals surface area contributed by atoms with Crippen molar-refractivity contribution in [2.45, 2.75) is 0 Å². The van der Waals surface area contributed by atoms with Crippen molar-refractivity contribution in [3.8, 4) is 55.6 Å². The van der Waals surface area contributed by atoms with Gasteiger partial charge in [0.25, 0.3) is 6.71 Å². The molecule has 0 aliphatic carbocycles. The minimum atomic E-state index is -0.0582. The Bertz CT molecular complexity index is 3260. The summed E-state index contributed by atoms with van der Waals surface area (Å²) in [4.78, 5) is 5.07. The summed E-state index contributed by atoms with van der Waals surface area (Å²) in [5, 5.41) is 0. The summed E-state index contributed by atoms with van der Waals surface area (Å²) in [6, 6.07) is 91.2. The molecule has 3 heteroatoms. The minimum Gasteiger partial charge on any atom is -0.311 e. The average Bonchev–Trinajstić information content (AvgIpc) is 3.37. The Morgan fingerprint density at radius 2 is 0.619 bits per heavy atom. The number of hydrogen-bond acceptors (Lipinski definition) is 2. The van der Waals surface area contributed by atoms with Crippen LogP contribution in [0.1, 0.15) is 0 Å². The van der Waals surface area contributed by atoms with Gasteiger partial charge in [0.2, 0.25) is 0 Å². The standard InChI is InChI=1S/C60H41BN2/c1-6-18-42(19-7-1)46-30-34-51(35-31-46)62-56-36-32-48(43-20-8-2-9-21-43)38-53(56)61-54-39-49(44-22-10-3-11-23-44)33-37-57(54)63(55-29-17-16-28-52(55)47-26-14-5-15-27-47)59-41-50(40-58(62)60(59)61)45-24-12-4-13-25-45/h1-41H. The fourth-order valence-electron chi connectivity index (χ4n) is 9.92. The second-order valence-corrected chi connectivity index (χ2v) is 16.5. The molecule has 12 rings (SSSR count). The maximum absolute atomic E-state index is 2.55. The predicted molar refractivity (Wildman–Crippen MR) is 268 cm³/mol.